The van der Waals surface area contributed by atoms with E-state index in [0.29, 0.717) is 6.54 Å². The van der Waals surface area contributed by atoms with Crippen LogP contribution in [0.4, 0.5) is 0 Å². The van der Waals surface area contributed by atoms with E-state index in [1.807, 2.05) is 6.92 Å². The highest BCUT2D eigenvalue weighted by atomic mass is 32.2. The largest absolute Gasteiger partial charge is 0.326 e. The Balaban J connectivity index is 2.88. The third-order valence-corrected chi connectivity index (χ3v) is 2.58. The monoisotopic (exact) mass is 203 g/mol. The quantitative estimate of drug-likeness (QED) is 0.727. The lowest BCUT2D eigenvalue weighted by molar-refractivity contribution is 0.537. The third-order valence-electron chi connectivity index (χ3n) is 1.51. The summed E-state index contributed by atoms with van der Waals surface area (Å²) in [5.74, 6) is 0. The van der Waals surface area contributed by atoms with Gasteiger partial charge in [-0.1, -0.05) is 0 Å². The maximum absolute atomic E-state index is 11.0. The lowest BCUT2D eigenvalue weighted by Gasteiger charge is -2.03. The zero-order valence-electron chi connectivity index (χ0n) is 7.64. The molecule has 1 heterocycles. The van der Waals surface area contributed by atoms with E-state index < -0.39 is 9.84 Å². The van der Waals surface area contributed by atoms with Gasteiger partial charge in [0, 0.05) is 18.5 Å². The highest BCUT2D eigenvalue weighted by molar-refractivity contribution is 7.90. The molecule has 0 spiro atoms. The summed E-state index contributed by atoms with van der Waals surface area (Å²) in [6.07, 6.45) is 3.97. The first-order chi connectivity index (χ1) is 5.89. The summed E-state index contributed by atoms with van der Waals surface area (Å²) < 4.78 is 23.6. The van der Waals surface area contributed by atoms with Gasteiger partial charge < -0.3 is 5.73 Å². The average Bonchev–Trinajstić information content (AvgIpc) is 2.32. The van der Waals surface area contributed by atoms with Crippen LogP contribution in [0, 0.1) is 0 Å². The van der Waals surface area contributed by atoms with Gasteiger partial charge in [-0.15, -0.1) is 0 Å². The van der Waals surface area contributed by atoms with Crippen LogP contribution in [0.2, 0.25) is 0 Å². The molecule has 0 aromatic carbocycles. The molecular formula is C7H13N3O2S. The Morgan fingerprint density at radius 3 is 2.69 bits per heavy atom. The van der Waals surface area contributed by atoms with Crippen molar-refractivity contribution >= 4 is 9.84 Å². The first-order valence-corrected chi connectivity index (χ1v) is 5.77. The van der Waals surface area contributed by atoms with Gasteiger partial charge in [0.25, 0.3) is 0 Å². The van der Waals surface area contributed by atoms with Crippen LogP contribution in [0.15, 0.2) is 17.3 Å². The molecule has 0 saturated carbocycles. The van der Waals surface area contributed by atoms with E-state index in [0.717, 1.165) is 6.26 Å². The van der Waals surface area contributed by atoms with Crippen LogP contribution in [-0.4, -0.2) is 30.5 Å². The minimum atomic E-state index is -3.14. The van der Waals surface area contributed by atoms with Crippen molar-refractivity contribution in [3.05, 3.63) is 12.4 Å². The van der Waals surface area contributed by atoms with Crippen LogP contribution in [0.25, 0.3) is 0 Å². The van der Waals surface area contributed by atoms with Gasteiger partial charge in [-0.3, -0.25) is 4.68 Å². The summed E-state index contributed by atoms with van der Waals surface area (Å²) in [7, 11) is -3.14. The van der Waals surface area contributed by atoms with E-state index >= 15 is 0 Å². The number of sulfone groups is 1. The normalized spacial score (nSPS) is 14.4. The van der Waals surface area contributed by atoms with Gasteiger partial charge in [-0.05, 0) is 6.92 Å². The van der Waals surface area contributed by atoms with Crippen molar-refractivity contribution in [2.45, 2.75) is 24.4 Å². The Morgan fingerprint density at radius 2 is 2.31 bits per heavy atom. The number of hydrogen-bond acceptors (Lipinski definition) is 4. The van der Waals surface area contributed by atoms with Gasteiger partial charge in [-0.2, -0.15) is 5.10 Å². The Kier molecular flexibility index (Phi) is 2.72. The van der Waals surface area contributed by atoms with Gasteiger partial charge in [0.2, 0.25) is 0 Å². The van der Waals surface area contributed by atoms with Crippen molar-refractivity contribution < 1.29 is 8.42 Å². The van der Waals surface area contributed by atoms with Crippen molar-refractivity contribution in [1.82, 2.24) is 9.78 Å². The van der Waals surface area contributed by atoms with Gasteiger partial charge in [0.15, 0.2) is 9.84 Å². The van der Waals surface area contributed by atoms with Crippen molar-refractivity contribution in [3.63, 3.8) is 0 Å². The van der Waals surface area contributed by atoms with Gasteiger partial charge in [-0.25, -0.2) is 8.42 Å². The minimum absolute atomic E-state index is 0.0349. The molecule has 5 nitrogen and oxygen atoms in total. The molecule has 0 aliphatic heterocycles. The van der Waals surface area contributed by atoms with E-state index in [2.05, 4.69) is 5.10 Å². The first-order valence-electron chi connectivity index (χ1n) is 3.87. The molecule has 13 heavy (non-hydrogen) atoms. The Hall–Kier alpha value is -0.880. The van der Waals surface area contributed by atoms with Gasteiger partial charge in [0.05, 0.1) is 12.7 Å². The highest BCUT2D eigenvalue weighted by Crippen LogP contribution is 2.06. The SMILES string of the molecule is C[C@H](N)Cn1cc(S(C)(=O)=O)cn1. The minimum Gasteiger partial charge on any atom is -0.326 e. The molecule has 1 rings (SSSR count). The molecule has 0 amide bonds. The molecule has 0 bridgehead atoms. The molecular weight excluding hydrogens is 190 g/mol. The van der Waals surface area contributed by atoms with Crippen molar-refractivity contribution in [3.8, 4) is 0 Å². The van der Waals surface area contributed by atoms with Crippen LogP contribution in [-0.2, 0) is 16.4 Å². The average molecular weight is 203 g/mol. The molecule has 1 aromatic heterocycles. The number of nitrogens with zero attached hydrogens (tertiary/aromatic N) is 2. The maximum Gasteiger partial charge on any atom is 0.178 e. The fourth-order valence-electron chi connectivity index (χ4n) is 0.931. The zero-order valence-corrected chi connectivity index (χ0v) is 8.45. The molecule has 1 atom stereocenters. The van der Waals surface area contributed by atoms with E-state index in [1.165, 1.54) is 17.1 Å². The third kappa shape index (κ3) is 2.82. The van der Waals surface area contributed by atoms with Gasteiger partial charge >= 0.3 is 0 Å². The van der Waals surface area contributed by atoms with Crippen LogP contribution in [0.1, 0.15) is 6.92 Å². The van der Waals surface area contributed by atoms with Crippen molar-refractivity contribution in [2.75, 3.05) is 6.26 Å². The van der Waals surface area contributed by atoms with E-state index in [1.54, 1.807) is 0 Å². The lowest BCUT2D eigenvalue weighted by Crippen LogP contribution is -2.22. The second-order valence-electron chi connectivity index (χ2n) is 3.15. The molecule has 6 heteroatoms. The maximum atomic E-state index is 11.0. The second kappa shape index (κ2) is 3.47. The standard InChI is InChI=1S/C7H13N3O2S/c1-6(8)4-10-5-7(3-9-10)13(2,11)12/h3,5-6H,4,8H2,1-2H3/t6-/m0/s1. The summed E-state index contributed by atoms with van der Waals surface area (Å²) in [5, 5.41) is 3.88. The molecule has 0 fully saturated rings. The van der Waals surface area contributed by atoms with Crippen LogP contribution >= 0.6 is 0 Å². The number of rotatable bonds is 3. The predicted octanol–water partition coefficient (Wildman–Crippen LogP) is -0.366. The molecule has 0 saturated heterocycles. The summed E-state index contributed by atoms with van der Waals surface area (Å²) in [4.78, 5) is 0.230. The van der Waals surface area contributed by atoms with Crippen LogP contribution in [0.3, 0.4) is 0 Å². The number of aromatic nitrogens is 2. The van der Waals surface area contributed by atoms with E-state index in [-0.39, 0.29) is 10.9 Å². The van der Waals surface area contributed by atoms with Crippen molar-refractivity contribution in [2.24, 2.45) is 5.73 Å². The van der Waals surface area contributed by atoms with E-state index in [4.69, 9.17) is 5.73 Å². The lowest BCUT2D eigenvalue weighted by atomic mass is 10.4. The van der Waals surface area contributed by atoms with Gasteiger partial charge in [0.1, 0.15) is 4.90 Å². The topological polar surface area (TPSA) is 78.0 Å². The molecule has 74 valence electrons. The summed E-state index contributed by atoms with van der Waals surface area (Å²) >= 11 is 0. The Morgan fingerprint density at radius 1 is 1.69 bits per heavy atom. The fourth-order valence-corrected chi connectivity index (χ4v) is 1.48. The fraction of sp³-hybridized carbons (Fsp3) is 0.571. The molecule has 0 unspecified atom stereocenters. The molecule has 0 aliphatic rings. The van der Waals surface area contributed by atoms with E-state index in [9.17, 15) is 8.42 Å². The summed E-state index contributed by atoms with van der Waals surface area (Å²) in [6, 6.07) is -0.0349. The summed E-state index contributed by atoms with van der Waals surface area (Å²) in [5.41, 5.74) is 5.53. The first kappa shape index (κ1) is 10.2. The second-order valence-corrected chi connectivity index (χ2v) is 5.16. The summed E-state index contributed by atoms with van der Waals surface area (Å²) in [6.45, 7) is 2.36. The van der Waals surface area contributed by atoms with Crippen LogP contribution in [0.5, 0.6) is 0 Å². The van der Waals surface area contributed by atoms with Crippen LogP contribution < -0.4 is 5.73 Å². The molecule has 0 radical (unpaired) electrons. The Labute approximate surface area is 77.5 Å². The van der Waals surface area contributed by atoms with Crippen molar-refractivity contribution in [1.29, 1.82) is 0 Å². The predicted molar refractivity (Wildman–Crippen MR) is 49.0 cm³/mol. The molecule has 1 aromatic rings. The molecule has 2 N–H and O–H groups in total. The molecule has 0 aliphatic carbocycles. The number of hydrogen-bond donors (Lipinski definition) is 1. The zero-order chi connectivity index (χ0) is 10.1. The highest BCUT2D eigenvalue weighted by Gasteiger charge is 2.09. The Bertz CT molecular complexity index is 380. The number of nitrogens with two attached hydrogens (primary N) is 1. The smallest absolute Gasteiger partial charge is 0.178 e.